The van der Waals surface area contributed by atoms with E-state index in [9.17, 15) is 14.4 Å². The Labute approximate surface area is 464 Å². The summed E-state index contributed by atoms with van der Waals surface area (Å²) in [7, 11) is 0. The van der Waals surface area contributed by atoms with Crippen molar-refractivity contribution in [2.45, 2.75) is 309 Å². The number of carbonyl (C=O) groups is 3. The molecule has 75 heavy (non-hydrogen) atoms. The Bertz CT molecular complexity index is 1480. The summed E-state index contributed by atoms with van der Waals surface area (Å²) >= 11 is 0. The molecular formula is C69H118O6. The Morgan fingerprint density at radius 2 is 0.520 bits per heavy atom. The number of ether oxygens (including phenoxy) is 3. The zero-order valence-corrected chi connectivity index (χ0v) is 49.3. The SMILES string of the molecule is CC/C=C\C/C=C\C/C=C\C/C=C\CCCCCCCCCCCCCCCCCCC(=O)OCC(COC(=O)CCCCCCC)OC(=O)CCCCCCCCCCCC/C=C\C/C=C\C/C=C\C/C=C\CC. The maximum atomic E-state index is 12.8. The summed E-state index contributed by atoms with van der Waals surface area (Å²) in [6.45, 7) is 6.35. The number of rotatable bonds is 57. The van der Waals surface area contributed by atoms with Gasteiger partial charge in [-0.25, -0.2) is 0 Å². The second kappa shape index (κ2) is 62.9. The fourth-order valence-electron chi connectivity index (χ4n) is 8.90. The van der Waals surface area contributed by atoms with E-state index in [4.69, 9.17) is 14.2 Å². The highest BCUT2D eigenvalue weighted by Gasteiger charge is 2.19. The smallest absolute Gasteiger partial charge is 0.306 e. The van der Waals surface area contributed by atoms with Gasteiger partial charge < -0.3 is 14.2 Å². The summed E-state index contributed by atoms with van der Waals surface area (Å²) in [5.74, 6) is -0.886. The lowest BCUT2D eigenvalue weighted by atomic mass is 10.0. The fraction of sp³-hybridized carbons (Fsp3) is 0.725. The summed E-state index contributed by atoms with van der Waals surface area (Å²) in [5.41, 5.74) is 0. The van der Waals surface area contributed by atoms with Gasteiger partial charge in [0.25, 0.3) is 0 Å². The van der Waals surface area contributed by atoms with Gasteiger partial charge in [-0.15, -0.1) is 0 Å². The zero-order valence-electron chi connectivity index (χ0n) is 49.3. The van der Waals surface area contributed by atoms with Crippen LogP contribution in [0, 0.1) is 0 Å². The van der Waals surface area contributed by atoms with E-state index in [1.165, 1.54) is 148 Å². The Morgan fingerprint density at radius 3 is 0.813 bits per heavy atom. The minimum absolute atomic E-state index is 0.0768. The predicted octanol–water partition coefficient (Wildman–Crippen LogP) is 21.7. The molecular weight excluding hydrogens is 925 g/mol. The Morgan fingerprint density at radius 1 is 0.280 bits per heavy atom. The van der Waals surface area contributed by atoms with Crippen molar-refractivity contribution in [3.8, 4) is 0 Å². The third kappa shape index (κ3) is 61.1. The van der Waals surface area contributed by atoms with Gasteiger partial charge in [0.15, 0.2) is 6.10 Å². The number of carbonyl (C=O) groups excluding carboxylic acids is 3. The molecule has 0 aliphatic heterocycles. The molecule has 6 heteroatoms. The number of unbranched alkanes of at least 4 members (excludes halogenated alkanes) is 30. The molecule has 0 rings (SSSR count). The van der Waals surface area contributed by atoms with Crippen molar-refractivity contribution in [2.75, 3.05) is 13.2 Å². The van der Waals surface area contributed by atoms with Gasteiger partial charge in [0.2, 0.25) is 0 Å². The van der Waals surface area contributed by atoms with Crippen molar-refractivity contribution < 1.29 is 28.6 Å². The van der Waals surface area contributed by atoms with Crippen molar-refractivity contribution in [1.82, 2.24) is 0 Å². The highest BCUT2D eigenvalue weighted by atomic mass is 16.6. The van der Waals surface area contributed by atoms with E-state index in [1.54, 1.807) is 0 Å². The average molecular weight is 1040 g/mol. The fourth-order valence-corrected chi connectivity index (χ4v) is 8.90. The minimum atomic E-state index is -0.776. The second-order valence-corrected chi connectivity index (χ2v) is 20.9. The molecule has 1 atom stereocenters. The van der Waals surface area contributed by atoms with E-state index in [1.807, 2.05) is 0 Å². The summed E-state index contributed by atoms with van der Waals surface area (Å²) in [6, 6.07) is 0. The van der Waals surface area contributed by atoms with Gasteiger partial charge in [-0.05, 0) is 96.3 Å². The van der Waals surface area contributed by atoms with Gasteiger partial charge in [0.05, 0.1) is 0 Å². The van der Waals surface area contributed by atoms with E-state index < -0.39 is 6.10 Å². The van der Waals surface area contributed by atoms with Crippen LogP contribution in [-0.2, 0) is 28.6 Å². The van der Waals surface area contributed by atoms with Crippen molar-refractivity contribution >= 4 is 17.9 Å². The summed E-state index contributed by atoms with van der Waals surface area (Å²) in [4.78, 5) is 37.9. The second-order valence-electron chi connectivity index (χ2n) is 20.9. The highest BCUT2D eigenvalue weighted by Crippen LogP contribution is 2.17. The van der Waals surface area contributed by atoms with Crippen LogP contribution in [0.3, 0.4) is 0 Å². The lowest BCUT2D eigenvalue weighted by Crippen LogP contribution is -2.30. The Hall–Kier alpha value is -3.67. The largest absolute Gasteiger partial charge is 0.462 e. The first-order valence-electron chi connectivity index (χ1n) is 31.7. The third-order valence-corrected chi connectivity index (χ3v) is 13.6. The van der Waals surface area contributed by atoms with E-state index >= 15 is 0 Å². The first-order valence-corrected chi connectivity index (χ1v) is 31.7. The molecule has 0 amide bonds. The third-order valence-electron chi connectivity index (χ3n) is 13.6. The maximum Gasteiger partial charge on any atom is 0.306 e. The summed E-state index contributed by atoms with van der Waals surface area (Å²) in [5, 5.41) is 0. The van der Waals surface area contributed by atoms with Crippen LogP contribution < -0.4 is 0 Å². The van der Waals surface area contributed by atoms with Gasteiger partial charge in [-0.2, -0.15) is 0 Å². The first-order chi connectivity index (χ1) is 37.0. The van der Waals surface area contributed by atoms with Crippen LogP contribution in [-0.4, -0.2) is 37.2 Å². The van der Waals surface area contributed by atoms with Crippen molar-refractivity contribution in [1.29, 1.82) is 0 Å². The van der Waals surface area contributed by atoms with Gasteiger partial charge in [0, 0.05) is 19.3 Å². The first kappa shape index (κ1) is 71.3. The molecule has 0 aromatic carbocycles. The van der Waals surface area contributed by atoms with Crippen LogP contribution in [0.4, 0.5) is 0 Å². The lowest BCUT2D eigenvalue weighted by molar-refractivity contribution is -0.167. The van der Waals surface area contributed by atoms with Crippen molar-refractivity contribution in [3.05, 3.63) is 97.2 Å². The van der Waals surface area contributed by atoms with Gasteiger partial charge in [-0.3, -0.25) is 14.4 Å². The van der Waals surface area contributed by atoms with Crippen LogP contribution in [0.2, 0.25) is 0 Å². The molecule has 0 fully saturated rings. The molecule has 0 aromatic heterocycles. The molecule has 0 spiro atoms. The molecule has 0 saturated carbocycles. The molecule has 0 bridgehead atoms. The molecule has 0 heterocycles. The number of hydrogen-bond acceptors (Lipinski definition) is 6. The topological polar surface area (TPSA) is 78.9 Å². The zero-order chi connectivity index (χ0) is 54.3. The van der Waals surface area contributed by atoms with Crippen LogP contribution in [0.25, 0.3) is 0 Å². The molecule has 0 saturated heterocycles. The summed E-state index contributed by atoms with van der Waals surface area (Å²) in [6.07, 6.45) is 84.7. The van der Waals surface area contributed by atoms with Crippen LogP contribution >= 0.6 is 0 Å². The molecule has 1 unspecified atom stereocenters. The monoisotopic (exact) mass is 1040 g/mol. The van der Waals surface area contributed by atoms with E-state index in [0.717, 1.165) is 116 Å². The number of allylic oxidation sites excluding steroid dienone is 16. The number of esters is 3. The molecule has 0 aromatic rings. The molecule has 0 aliphatic rings. The highest BCUT2D eigenvalue weighted by molar-refractivity contribution is 5.71. The molecule has 0 aliphatic carbocycles. The Balaban J connectivity index is 4.02. The number of hydrogen-bond donors (Lipinski definition) is 0. The van der Waals surface area contributed by atoms with E-state index in [0.29, 0.717) is 19.3 Å². The normalized spacial score (nSPS) is 12.7. The van der Waals surface area contributed by atoms with E-state index in [2.05, 4.69) is 118 Å². The lowest BCUT2D eigenvalue weighted by Gasteiger charge is -2.18. The summed E-state index contributed by atoms with van der Waals surface area (Å²) < 4.78 is 16.8. The predicted molar refractivity (Wildman–Crippen MR) is 325 cm³/mol. The molecule has 6 nitrogen and oxygen atoms in total. The van der Waals surface area contributed by atoms with Crippen LogP contribution in [0.15, 0.2) is 97.2 Å². The minimum Gasteiger partial charge on any atom is -0.462 e. The molecule has 0 N–H and O–H groups in total. The van der Waals surface area contributed by atoms with Gasteiger partial charge in [-0.1, -0.05) is 285 Å². The van der Waals surface area contributed by atoms with E-state index in [-0.39, 0.29) is 31.1 Å². The molecule has 430 valence electrons. The van der Waals surface area contributed by atoms with Crippen LogP contribution in [0.1, 0.15) is 303 Å². The maximum absolute atomic E-state index is 12.8. The van der Waals surface area contributed by atoms with Gasteiger partial charge in [0.1, 0.15) is 13.2 Å². The van der Waals surface area contributed by atoms with Crippen LogP contribution in [0.5, 0.6) is 0 Å². The standard InChI is InChI=1S/C69H118O6/c1-4-7-10-13-15-17-19-21-23-25-27-29-31-32-33-34-35-36-38-39-41-43-45-47-49-51-53-56-59-62-68(71)74-65-66(64-73-67(70)61-58-55-12-9-6-3)75-69(72)63-60-57-54-52-50-48-46-44-42-40-37-30-28-26-24-22-20-18-16-14-11-8-5-2/h7-8,10-11,15-18,21-24,27-30,66H,4-6,9,12-14,19-20,25-26,31-65H2,1-3H3/b10-7-,11-8-,17-15-,18-16-,23-21-,24-22-,29-27-,30-28-. The van der Waals surface area contributed by atoms with Gasteiger partial charge >= 0.3 is 17.9 Å². The molecule has 0 radical (unpaired) electrons. The van der Waals surface area contributed by atoms with Crippen molar-refractivity contribution in [3.63, 3.8) is 0 Å². The van der Waals surface area contributed by atoms with Crippen molar-refractivity contribution in [2.24, 2.45) is 0 Å². The quantitative estimate of drug-likeness (QED) is 0.0261. The average Bonchev–Trinajstić information content (AvgIpc) is 3.41. The Kier molecular flexibility index (Phi) is 59.8.